The van der Waals surface area contributed by atoms with E-state index in [1.54, 1.807) is 0 Å². The maximum Gasteiger partial charge on any atom is 0.281 e. The summed E-state index contributed by atoms with van der Waals surface area (Å²) in [4.78, 5) is 30.0. The van der Waals surface area contributed by atoms with Gasteiger partial charge in [-0.2, -0.15) is 0 Å². The van der Waals surface area contributed by atoms with Crippen molar-refractivity contribution in [2.75, 3.05) is 0 Å². The van der Waals surface area contributed by atoms with Crippen molar-refractivity contribution in [3.63, 3.8) is 0 Å². The SMILES string of the molecule is [C]=O.[C]=O.[C]=O.[C]=O.[Cr]. The maximum absolute atomic E-state index is 7.50. The largest absolute Gasteiger partial charge is 0.281 e. The smallest absolute Gasteiger partial charge is 0.281 e. The Morgan fingerprint density at radius 3 is 0.444 bits per heavy atom. The summed E-state index contributed by atoms with van der Waals surface area (Å²) >= 11 is 0. The summed E-state index contributed by atoms with van der Waals surface area (Å²) in [6, 6.07) is 0. The van der Waals surface area contributed by atoms with Crippen LogP contribution >= 0.6 is 0 Å². The zero-order valence-electron chi connectivity index (χ0n) is 4.04. The van der Waals surface area contributed by atoms with E-state index < -0.39 is 0 Å². The Hall–Kier alpha value is -0.788. The van der Waals surface area contributed by atoms with Crippen molar-refractivity contribution in [1.29, 1.82) is 0 Å². The second kappa shape index (κ2) is 449. The van der Waals surface area contributed by atoms with Crippen LogP contribution in [0.5, 0.6) is 0 Å². The predicted octanol–water partition coefficient (Wildman–Crippen LogP) is -1.59. The second-order valence-electron chi connectivity index (χ2n) is 0. The van der Waals surface area contributed by atoms with E-state index in [9.17, 15) is 0 Å². The summed E-state index contributed by atoms with van der Waals surface area (Å²) in [7, 11) is 0. The first-order valence-electron chi connectivity index (χ1n) is 0.816. The van der Waals surface area contributed by atoms with E-state index in [4.69, 9.17) is 19.2 Å². The molecule has 0 aliphatic heterocycles. The molecule has 0 aliphatic rings. The van der Waals surface area contributed by atoms with E-state index >= 15 is 0 Å². The van der Waals surface area contributed by atoms with Gasteiger partial charge in [-0.25, -0.2) is 0 Å². The normalized spacial score (nSPS) is 1.78. The van der Waals surface area contributed by atoms with Crippen LogP contribution in [0.4, 0.5) is 0 Å². The molecule has 0 spiro atoms. The van der Waals surface area contributed by atoms with Gasteiger partial charge in [0.25, 0.3) is 27.2 Å². The predicted molar refractivity (Wildman–Crippen MR) is 22.8 cm³/mol. The third-order valence-corrected chi connectivity index (χ3v) is 0. The van der Waals surface area contributed by atoms with Gasteiger partial charge in [0.2, 0.25) is 0 Å². The molecule has 0 saturated carbocycles. The van der Waals surface area contributed by atoms with Crippen LogP contribution in [0.25, 0.3) is 0 Å². The van der Waals surface area contributed by atoms with Crippen LogP contribution in [0.1, 0.15) is 0 Å². The number of carbonyl (C=O) groups excluding carboxylic acids is 4. The summed E-state index contributed by atoms with van der Waals surface area (Å²) in [5, 5.41) is 0. The van der Waals surface area contributed by atoms with Gasteiger partial charge in [-0.05, 0) is 0 Å². The molecule has 0 saturated heterocycles. The van der Waals surface area contributed by atoms with Gasteiger partial charge in [0.1, 0.15) is 0 Å². The first-order valence-corrected chi connectivity index (χ1v) is 0.816. The number of hydrogen-bond acceptors (Lipinski definition) is 4. The molecule has 9 heavy (non-hydrogen) atoms. The molecule has 0 aromatic heterocycles. The van der Waals surface area contributed by atoms with Gasteiger partial charge < -0.3 is 0 Å². The Kier molecular flexibility index (Phi) is 2060. The molecule has 0 rings (SSSR count). The van der Waals surface area contributed by atoms with Gasteiger partial charge in [0.15, 0.2) is 0 Å². The number of hydrogen-bond donors (Lipinski definition) is 0. The van der Waals surface area contributed by atoms with Crippen LogP contribution < -0.4 is 0 Å². The molecule has 0 atom stereocenters. The summed E-state index contributed by atoms with van der Waals surface area (Å²) in [6.07, 6.45) is 0. The van der Waals surface area contributed by atoms with E-state index in [2.05, 4.69) is 27.2 Å². The van der Waals surface area contributed by atoms with Gasteiger partial charge in [-0.3, -0.25) is 19.2 Å². The Balaban J connectivity index is -0.00000000762. The molecule has 0 unspecified atom stereocenters. The molecule has 0 amide bonds. The average molecular weight is 164 g/mol. The van der Waals surface area contributed by atoms with Crippen molar-refractivity contribution < 1.29 is 36.5 Å². The van der Waals surface area contributed by atoms with Crippen LogP contribution in [0, 0.1) is 0 Å². The van der Waals surface area contributed by atoms with Gasteiger partial charge in [0, 0.05) is 17.4 Å². The quantitative estimate of drug-likeness (QED) is 0.432. The third-order valence-electron chi connectivity index (χ3n) is 0. The molecule has 0 bridgehead atoms. The van der Waals surface area contributed by atoms with Gasteiger partial charge in [-0.1, -0.05) is 0 Å². The van der Waals surface area contributed by atoms with Crippen molar-refractivity contribution in [2.24, 2.45) is 0 Å². The van der Waals surface area contributed by atoms with E-state index in [0.717, 1.165) is 0 Å². The molecule has 8 radical (unpaired) electrons. The zero-order valence-corrected chi connectivity index (χ0v) is 5.32. The Morgan fingerprint density at radius 1 is 0.444 bits per heavy atom. The molecular formula is C4CrO4. The first-order chi connectivity index (χ1) is 4.00. The summed E-state index contributed by atoms with van der Waals surface area (Å²) < 4.78 is 0. The third kappa shape index (κ3) is 316. The zero-order chi connectivity index (χ0) is 8.00. The van der Waals surface area contributed by atoms with Crippen molar-refractivity contribution in [2.45, 2.75) is 0 Å². The molecule has 46 valence electrons. The summed E-state index contributed by atoms with van der Waals surface area (Å²) in [5.74, 6) is 0. The standard InChI is InChI=1S/4CO.Cr/c4*1-2;. The minimum atomic E-state index is 0. The first kappa shape index (κ1) is 41.4. The molecule has 0 aliphatic carbocycles. The Labute approximate surface area is 64.4 Å². The van der Waals surface area contributed by atoms with Gasteiger partial charge in [0.05, 0.1) is 0 Å². The minimum Gasteiger partial charge on any atom is -0.281 e. The fourth-order valence-corrected chi connectivity index (χ4v) is 0. The average Bonchev–Trinajstić information content (AvgIpc) is 2.03. The van der Waals surface area contributed by atoms with E-state index in [1.165, 1.54) is 0 Å². The second-order valence-corrected chi connectivity index (χ2v) is 0. The molecule has 0 heterocycles. The van der Waals surface area contributed by atoms with Crippen molar-refractivity contribution in [3.05, 3.63) is 0 Å². The van der Waals surface area contributed by atoms with Crippen molar-refractivity contribution in [1.82, 2.24) is 0 Å². The van der Waals surface area contributed by atoms with Crippen LogP contribution in [-0.4, -0.2) is 27.2 Å². The molecular weight excluding hydrogens is 164 g/mol. The number of rotatable bonds is 0. The van der Waals surface area contributed by atoms with Crippen LogP contribution in [0.2, 0.25) is 0 Å². The molecule has 0 aromatic rings. The molecule has 0 N–H and O–H groups in total. The molecule has 4 nitrogen and oxygen atoms in total. The molecule has 0 fully saturated rings. The molecule has 0 aromatic carbocycles. The monoisotopic (exact) mass is 164 g/mol. The van der Waals surface area contributed by atoms with Crippen molar-refractivity contribution in [3.8, 4) is 0 Å². The van der Waals surface area contributed by atoms with E-state index in [-0.39, 0.29) is 17.4 Å². The van der Waals surface area contributed by atoms with Gasteiger partial charge in [-0.15, -0.1) is 0 Å². The summed E-state index contributed by atoms with van der Waals surface area (Å²) in [6.45, 7) is 18.0. The van der Waals surface area contributed by atoms with Crippen LogP contribution in [0.15, 0.2) is 0 Å². The Morgan fingerprint density at radius 2 is 0.444 bits per heavy atom. The summed E-state index contributed by atoms with van der Waals surface area (Å²) in [5.41, 5.74) is 0. The van der Waals surface area contributed by atoms with Gasteiger partial charge >= 0.3 is 0 Å². The molecule has 5 heteroatoms. The van der Waals surface area contributed by atoms with Crippen molar-refractivity contribution >= 4 is 27.2 Å². The topological polar surface area (TPSA) is 68.3 Å². The fraction of sp³-hybridized carbons (Fsp3) is 0. The Bertz CT molecular complexity index is 20.5. The van der Waals surface area contributed by atoms with E-state index in [1.807, 2.05) is 0 Å². The van der Waals surface area contributed by atoms with Crippen LogP contribution in [0.3, 0.4) is 0 Å². The fourth-order valence-electron chi connectivity index (χ4n) is 0. The van der Waals surface area contributed by atoms with E-state index in [0.29, 0.717) is 0 Å². The minimum absolute atomic E-state index is 0. The maximum atomic E-state index is 7.50. The van der Waals surface area contributed by atoms with Crippen LogP contribution in [-0.2, 0) is 36.5 Å².